The maximum atomic E-state index is 12.7. The molecule has 1 aromatic heterocycles. The van der Waals surface area contributed by atoms with E-state index in [1.165, 1.54) is 12.1 Å². The zero-order valence-corrected chi connectivity index (χ0v) is 13.2. The van der Waals surface area contributed by atoms with Crippen LogP contribution in [0.5, 0.6) is 0 Å². The number of amides is 2. The van der Waals surface area contributed by atoms with Gasteiger partial charge in [0.2, 0.25) is 0 Å². The molecular weight excluding hydrogens is 323 g/mol. The molecule has 0 bridgehead atoms. The summed E-state index contributed by atoms with van der Waals surface area (Å²) in [6.45, 7) is 1.99. The average Bonchev–Trinajstić information content (AvgIpc) is 3.26. The van der Waals surface area contributed by atoms with Crippen LogP contribution in [0.3, 0.4) is 0 Å². The third kappa shape index (κ3) is 4.37. The van der Waals surface area contributed by atoms with E-state index in [1.807, 2.05) is 0 Å². The highest BCUT2D eigenvalue weighted by molar-refractivity contribution is 5.74. The first-order valence-corrected chi connectivity index (χ1v) is 8.09. The van der Waals surface area contributed by atoms with Gasteiger partial charge in [0, 0.05) is 25.1 Å². The largest absolute Gasteiger partial charge is 0.433 e. The zero-order valence-electron chi connectivity index (χ0n) is 13.2. The summed E-state index contributed by atoms with van der Waals surface area (Å²) < 4.78 is 43.3. The maximum absolute atomic E-state index is 12.7. The molecule has 2 aliphatic rings. The number of aromatic nitrogens is 1. The van der Waals surface area contributed by atoms with E-state index in [9.17, 15) is 18.0 Å². The zero-order chi connectivity index (χ0) is 17.2. The minimum absolute atomic E-state index is 0.0207. The van der Waals surface area contributed by atoms with Crippen LogP contribution in [0.1, 0.15) is 30.7 Å². The second-order valence-corrected chi connectivity index (χ2v) is 6.28. The second-order valence-electron chi connectivity index (χ2n) is 6.28. The van der Waals surface area contributed by atoms with Gasteiger partial charge in [0.25, 0.3) is 0 Å². The van der Waals surface area contributed by atoms with Gasteiger partial charge in [-0.3, -0.25) is 0 Å². The number of alkyl halides is 3. The number of carbonyl (C=O) groups excluding carboxylic acids is 1. The summed E-state index contributed by atoms with van der Waals surface area (Å²) >= 11 is 0. The van der Waals surface area contributed by atoms with Crippen molar-refractivity contribution in [3.8, 4) is 0 Å². The Bertz CT molecular complexity index is 584. The summed E-state index contributed by atoms with van der Waals surface area (Å²) in [6.07, 6.45) is -1.60. The van der Waals surface area contributed by atoms with E-state index in [-0.39, 0.29) is 24.3 Å². The van der Waals surface area contributed by atoms with Crippen LogP contribution in [-0.4, -0.2) is 41.7 Å². The van der Waals surface area contributed by atoms with Gasteiger partial charge < -0.3 is 15.0 Å². The lowest BCUT2D eigenvalue weighted by Gasteiger charge is -2.25. The lowest BCUT2D eigenvalue weighted by molar-refractivity contribution is -0.141. The van der Waals surface area contributed by atoms with Gasteiger partial charge in [0.1, 0.15) is 5.69 Å². The molecule has 1 saturated carbocycles. The fraction of sp³-hybridized carbons (Fsp3) is 0.625. The highest BCUT2D eigenvalue weighted by Crippen LogP contribution is 2.29. The first-order chi connectivity index (χ1) is 11.4. The highest BCUT2D eigenvalue weighted by Gasteiger charge is 2.35. The molecule has 0 aromatic carbocycles. The minimum Gasteiger partial charge on any atom is -0.381 e. The number of pyridine rings is 1. The van der Waals surface area contributed by atoms with Crippen molar-refractivity contribution in [2.45, 2.75) is 38.0 Å². The van der Waals surface area contributed by atoms with Gasteiger partial charge in [0.15, 0.2) is 0 Å². The van der Waals surface area contributed by atoms with Crippen LogP contribution in [0.4, 0.5) is 18.0 Å². The molecule has 1 saturated heterocycles. The Morgan fingerprint density at radius 1 is 1.33 bits per heavy atom. The van der Waals surface area contributed by atoms with E-state index in [0.717, 1.165) is 31.9 Å². The summed E-state index contributed by atoms with van der Waals surface area (Å²) in [4.78, 5) is 17.7. The molecule has 2 heterocycles. The van der Waals surface area contributed by atoms with Crippen molar-refractivity contribution in [2.75, 3.05) is 19.8 Å². The SMILES string of the molecule is O=C(NCc1cccc(C(F)(F)F)n1)N(CC1CCOC1)C1CC1. The topological polar surface area (TPSA) is 54.5 Å². The van der Waals surface area contributed by atoms with Gasteiger partial charge in [-0.05, 0) is 31.4 Å². The number of urea groups is 1. The number of halogens is 3. The number of hydrogen-bond donors (Lipinski definition) is 1. The van der Waals surface area contributed by atoms with E-state index in [1.54, 1.807) is 4.90 Å². The molecule has 5 nitrogen and oxygen atoms in total. The molecule has 2 fully saturated rings. The molecule has 24 heavy (non-hydrogen) atoms. The second kappa shape index (κ2) is 6.96. The Kier molecular flexibility index (Phi) is 4.93. The molecule has 1 unspecified atom stereocenters. The minimum atomic E-state index is -4.48. The van der Waals surface area contributed by atoms with Crippen molar-refractivity contribution in [1.29, 1.82) is 0 Å². The van der Waals surface area contributed by atoms with E-state index >= 15 is 0 Å². The van der Waals surface area contributed by atoms with Crippen molar-refractivity contribution >= 4 is 6.03 Å². The summed E-state index contributed by atoms with van der Waals surface area (Å²) in [5, 5.41) is 2.69. The molecule has 1 aliphatic heterocycles. The fourth-order valence-corrected chi connectivity index (χ4v) is 2.79. The van der Waals surface area contributed by atoms with Crippen LogP contribution in [0.15, 0.2) is 18.2 Å². The standard InChI is InChI=1S/C16H20F3N3O2/c17-16(18,19)14-3-1-2-12(21-14)8-20-15(23)22(13-4-5-13)9-11-6-7-24-10-11/h1-3,11,13H,4-10H2,(H,20,23). The first kappa shape index (κ1) is 17.0. The van der Waals surface area contributed by atoms with Gasteiger partial charge >= 0.3 is 12.2 Å². The van der Waals surface area contributed by atoms with Gasteiger partial charge in [-0.25, -0.2) is 9.78 Å². The molecule has 1 aliphatic carbocycles. The molecule has 1 aromatic rings. The number of hydrogen-bond acceptors (Lipinski definition) is 3. The lowest BCUT2D eigenvalue weighted by Crippen LogP contribution is -2.43. The van der Waals surface area contributed by atoms with Gasteiger partial charge in [-0.15, -0.1) is 0 Å². The number of carbonyl (C=O) groups is 1. The van der Waals surface area contributed by atoms with Gasteiger partial charge in [0.05, 0.1) is 18.8 Å². The molecule has 3 rings (SSSR count). The Hall–Kier alpha value is -1.83. The summed E-state index contributed by atoms with van der Waals surface area (Å²) in [7, 11) is 0. The number of ether oxygens (including phenoxy) is 1. The normalized spacial score (nSPS) is 20.9. The van der Waals surface area contributed by atoms with Gasteiger partial charge in [-0.2, -0.15) is 13.2 Å². The van der Waals surface area contributed by atoms with Crippen molar-refractivity contribution in [1.82, 2.24) is 15.2 Å². The third-order valence-corrected chi connectivity index (χ3v) is 4.25. The molecule has 132 valence electrons. The number of nitrogens with one attached hydrogen (secondary N) is 1. The van der Waals surface area contributed by atoms with Crippen LogP contribution >= 0.6 is 0 Å². The van der Waals surface area contributed by atoms with Crippen LogP contribution in [-0.2, 0) is 17.5 Å². The molecule has 1 N–H and O–H groups in total. The Labute approximate surface area is 138 Å². The molecule has 1 atom stereocenters. The van der Waals surface area contributed by atoms with Crippen molar-refractivity contribution < 1.29 is 22.7 Å². The number of rotatable bonds is 5. The summed E-state index contributed by atoms with van der Waals surface area (Å²) in [5.41, 5.74) is -0.755. The van der Waals surface area contributed by atoms with Crippen LogP contribution in [0.25, 0.3) is 0 Å². The smallest absolute Gasteiger partial charge is 0.381 e. The molecule has 8 heteroatoms. The van der Waals surface area contributed by atoms with Crippen molar-refractivity contribution in [3.05, 3.63) is 29.6 Å². The predicted octanol–water partition coefficient (Wildman–Crippen LogP) is 2.81. The third-order valence-electron chi connectivity index (χ3n) is 4.25. The molecular formula is C16H20F3N3O2. The Morgan fingerprint density at radius 3 is 2.75 bits per heavy atom. The van der Waals surface area contributed by atoms with Gasteiger partial charge in [-0.1, -0.05) is 6.07 Å². The quantitative estimate of drug-likeness (QED) is 0.894. The first-order valence-electron chi connectivity index (χ1n) is 8.09. The average molecular weight is 343 g/mol. The van der Waals surface area contributed by atoms with Crippen LogP contribution < -0.4 is 5.32 Å². The van der Waals surface area contributed by atoms with E-state index in [0.29, 0.717) is 19.1 Å². The summed E-state index contributed by atoms with van der Waals surface area (Å²) in [5.74, 6) is 0.336. The van der Waals surface area contributed by atoms with E-state index in [2.05, 4.69) is 10.3 Å². The monoisotopic (exact) mass is 343 g/mol. The molecule has 0 radical (unpaired) electrons. The van der Waals surface area contributed by atoms with E-state index < -0.39 is 11.9 Å². The highest BCUT2D eigenvalue weighted by atomic mass is 19.4. The fourth-order valence-electron chi connectivity index (χ4n) is 2.79. The van der Waals surface area contributed by atoms with Crippen molar-refractivity contribution in [3.63, 3.8) is 0 Å². The predicted molar refractivity (Wildman–Crippen MR) is 80.1 cm³/mol. The van der Waals surface area contributed by atoms with Crippen LogP contribution in [0, 0.1) is 5.92 Å². The number of nitrogens with zero attached hydrogens (tertiary/aromatic N) is 2. The summed E-state index contributed by atoms with van der Waals surface area (Å²) in [6, 6.07) is 3.68. The maximum Gasteiger partial charge on any atom is 0.433 e. The lowest BCUT2D eigenvalue weighted by atomic mass is 10.1. The Morgan fingerprint density at radius 2 is 2.12 bits per heavy atom. The van der Waals surface area contributed by atoms with E-state index in [4.69, 9.17) is 4.74 Å². The van der Waals surface area contributed by atoms with Crippen LogP contribution in [0.2, 0.25) is 0 Å². The van der Waals surface area contributed by atoms with Crippen molar-refractivity contribution in [2.24, 2.45) is 5.92 Å². The Balaban J connectivity index is 1.57. The molecule has 2 amide bonds. The molecule has 0 spiro atoms.